The van der Waals surface area contributed by atoms with Crippen molar-refractivity contribution in [1.29, 1.82) is 0 Å². The van der Waals surface area contributed by atoms with Gasteiger partial charge in [0.25, 0.3) is 0 Å². The van der Waals surface area contributed by atoms with E-state index in [1.807, 2.05) is 48.5 Å². The SMILES string of the molecule is Clc1cc(Cl)cc(-c2ccc(-c3ccco3)cc2)c1. The van der Waals surface area contributed by atoms with Gasteiger partial charge in [-0.2, -0.15) is 0 Å². The predicted molar refractivity (Wildman–Crippen MR) is 79.6 cm³/mol. The third kappa shape index (κ3) is 2.67. The summed E-state index contributed by atoms with van der Waals surface area (Å²) in [6.07, 6.45) is 1.67. The average Bonchev–Trinajstić information content (AvgIpc) is 2.91. The molecule has 0 unspecified atom stereocenters. The van der Waals surface area contributed by atoms with Gasteiger partial charge in [0.15, 0.2) is 0 Å². The Bertz CT molecular complexity index is 665. The van der Waals surface area contributed by atoms with Gasteiger partial charge in [-0.25, -0.2) is 0 Å². The minimum Gasteiger partial charge on any atom is -0.464 e. The maximum absolute atomic E-state index is 6.01. The number of furan rings is 1. The second-order valence-electron chi connectivity index (χ2n) is 4.21. The number of benzene rings is 2. The van der Waals surface area contributed by atoms with Gasteiger partial charge in [0, 0.05) is 15.6 Å². The maximum Gasteiger partial charge on any atom is 0.133 e. The first-order valence-corrected chi connectivity index (χ1v) is 6.58. The molecule has 0 saturated heterocycles. The lowest BCUT2D eigenvalue weighted by atomic mass is 10.0. The largest absolute Gasteiger partial charge is 0.464 e. The van der Waals surface area contributed by atoms with E-state index in [9.17, 15) is 0 Å². The van der Waals surface area contributed by atoms with Crippen molar-refractivity contribution in [3.05, 3.63) is 70.9 Å². The van der Waals surface area contributed by atoms with Crippen LogP contribution < -0.4 is 0 Å². The Hall–Kier alpha value is -1.70. The van der Waals surface area contributed by atoms with Crippen LogP contribution in [0.15, 0.2) is 65.3 Å². The van der Waals surface area contributed by atoms with Crippen molar-refractivity contribution >= 4 is 23.2 Å². The van der Waals surface area contributed by atoms with E-state index in [0.29, 0.717) is 10.0 Å². The summed E-state index contributed by atoms with van der Waals surface area (Å²) in [5, 5.41) is 1.27. The normalized spacial score (nSPS) is 10.6. The molecule has 0 amide bonds. The molecular weight excluding hydrogens is 279 g/mol. The number of hydrogen-bond donors (Lipinski definition) is 0. The summed E-state index contributed by atoms with van der Waals surface area (Å²) in [5.74, 6) is 0.857. The first-order chi connectivity index (χ1) is 9.22. The molecule has 0 radical (unpaired) electrons. The summed E-state index contributed by atoms with van der Waals surface area (Å²) in [6.45, 7) is 0. The quantitative estimate of drug-likeness (QED) is 0.570. The van der Waals surface area contributed by atoms with Gasteiger partial charge in [-0.1, -0.05) is 47.5 Å². The van der Waals surface area contributed by atoms with Gasteiger partial charge in [0.1, 0.15) is 5.76 Å². The molecule has 0 N–H and O–H groups in total. The molecule has 1 aromatic heterocycles. The molecule has 3 rings (SSSR count). The lowest BCUT2D eigenvalue weighted by molar-refractivity contribution is 0.582. The van der Waals surface area contributed by atoms with Crippen LogP contribution in [0.1, 0.15) is 0 Å². The average molecular weight is 289 g/mol. The first-order valence-electron chi connectivity index (χ1n) is 5.83. The van der Waals surface area contributed by atoms with Gasteiger partial charge in [0.2, 0.25) is 0 Å². The fraction of sp³-hybridized carbons (Fsp3) is 0. The molecule has 19 heavy (non-hydrogen) atoms. The summed E-state index contributed by atoms with van der Waals surface area (Å²) < 4.78 is 5.36. The van der Waals surface area contributed by atoms with Crippen LogP contribution in [-0.4, -0.2) is 0 Å². The highest BCUT2D eigenvalue weighted by molar-refractivity contribution is 6.35. The van der Waals surface area contributed by atoms with Crippen LogP contribution in [0, 0.1) is 0 Å². The van der Waals surface area contributed by atoms with E-state index in [4.69, 9.17) is 27.6 Å². The van der Waals surface area contributed by atoms with Crippen molar-refractivity contribution < 1.29 is 4.42 Å². The molecule has 0 aliphatic carbocycles. The highest BCUT2D eigenvalue weighted by Gasteiger charge is 2.04. The van der Waals surface area contributed by atoms with Gasteiger partial charge in [-0.05, 0) is 41.5 Å². The van der Waals surface area contributed by atoms with Crippen LogP contribution in [0.2, 0.25) is 10.0 Å². The van der Waals surface area contributed by atoms with E-state index < -0.39 is 0 Å². The van der Waals surface area contributed by atoms with E-state index in [0.717, 1.165) is 22.5 Å². The molecule has 0 spiro atoms. The monoisotopic (exact) mass is 288 g/mol. The zero-order valence-corrected chi connectivity index (χ0v) is 11.4. The molecule has 0 bridgehead atoms. The molecular formula is C16H10Cl2O. The summed E-state index contributed by atoms with van der Waals surface area (Å²) in [4.78, 5) is 0. The highest BCUT2D eigenvalue weighted by atomic mass is 35.5. The summed E-state index contributed by atoms with van der Waals surface area (Å²) in [6, 6.07) is 17.4. The third-order valence-corrected chi connectivity index (χ3v) is 3.32. The minimum atomic E-state index is 0.637. The smallest absolute Gasteiger partial charge is 0.133 e. The third-order valence-electron chi connectivity index (χ3n) is 2.89. The van der Waals surface area contributed by atoms with Crippen LogP contribution in [0.25, 0.3) is 22.5 Å². The van der Waals surface area contributed by atoms with E-state index >= 15 is 0 Å². The van der Waals surface area contributed by atoms with Gasteiger partial charge in [-0.15, -0.1) is 0 Å². The van der Waals surface area contributed by atoms with Crippen molar-refractivity contribution in [3.8, 4) is 22.5 Å². The van der Waals surface area contributed by atoms with E-state index in [1.54, 1.807) is 12.3 Å². The van der Waals surface area contributed by atoms with E-state index in [-0.39, 0.29) is 0 Å². The lowest BCUT2D eigenvalue weighted by Crippen LogP contribution is -1.80. The Balaban J connectivity index is 1.98. The molecule has 0 aliphatic heterocycles. The molecule has 3 heteroatoms. The van der Waals surface area contributed by atoms with E-state index in [2.05, 4.69) is 0 Å². The molecule has 1 nitrogen and oxygen atoms in total. The Morgan fingerprint density at radius 3 is 1.89 bits per heavy atom. The Morgan fingerprint density at radius 2 is 1.32 bits per heavy atom. The summed E-state index contributed by atoms with van der Waals surface area (Å²) in [5.41, 5.74) is 3.12. The Kier molecular flexibility index (Phi) is 3.33. The van der Waals surface area contributed by atoms with Gasteiger partial charge in [-0.3, -0.25) is 0 Å². The van der Waals surface area contributed by atoms with Crippen LogP contribution in [0.4, 0.5) is 0 Å². The molecule has 94 valence electrons. The van der Waals surface area contributed by atoms with Crippen molar-refractivity contribution in [2.75, 3.05) is 0 Å². The van der Waals surface area contributed by atoms with Crippen molar-refractivity contribution in [1.82, 2.24) is 0 Å². The van der Waals surface area contributed by atoms with Crippen LogP contribution >= 0.6 is 23.2 Å². The minimum absolute atomic E-state index is 0.637. The second kappa shape index (κ2) is 5.12. The van der Waals surface area contributed by atoms with Crippen molar-refractivity contribution in [2.24, 2.45) is 0 Å². The van der Waals surface area contributed by atoms with Gasteiger partial charge >= 0.3 is 0 Å². The topological polar surface area (TPSA) is 13.1 Å². The van der Waals surface area contributed by atoms with Crippen molar-refractivity contribution in [3.63, 3.8) is 0 Å². The molecule has 0 saturated carbocycles. The number of halogens is 2. The first kappa shape index (κ1) is 12.3. The van der Waals surface area contributed by atoms with Gasteiger partial charge < -0.3 is 4.42 Å². The standard InChI is InChI=1S/C16H10Cl2O/c17-14-8-13(9-15(18)10-14)11-3-5-12(6-4-11)16-2-1-7-19-16/h1-10H. The Labute approximate surface area is 121 Å². The number of rotatable bonds is 2. The second-order valence-corrected chi connectivity index (χ2v) is 5.09. The van der Waals surface area contributed by atoms with Crippen molar-refractivity contribution in [2.45, 2.75) is 0 Å². The molecule has 1 heterocycles. The Morgan fingerprint density at radius 1 is 0.684 bits per heavy atom. The maximum atomic E-state index is 6.01. The summed E-state index contributed by atoms with van der Waals surface area (Å²) in [7, 11) is 0. The van der Waals surface area contributed by atoms with Gasteiger partial charge in [0.05, 0.1) is 6.26 Å². The zero-order chi connectivity index (χ0) is 13.2. The van der Waals surface area contributed by atoms with E-state index in [1.165, 1.54) is 0 Å². The zero-order valence-electron chi connectivity index (χ0n) is 9.94. The molecule has 0 aliphatic rings. The highest BCUT2D eigenvalue weighted by Crippen LogP contribution is 2.29. The number of hydrogen-bond acceptors (Lipinski definition) is 1. The molecule has 0 atom stereocenters. The predicted octanol–water partition coefficient (Wildman–Crippen LogP) is 5.92. The van der Waals surface area contributed by atoms with Crippen LogP contribution in [-0.2, 0) is 0 Å². The van der Waals surface area contributed by atoms with Crippen LogP contribution in [0.5, 0.6) is 0 Å². The molecule has 3 aromatic rings. The fourth-order valence-electron chi connectivity index (χ4n) is 1.99. The molecule has 2 aromatic carbocycles. The molecule has 0 fully saturated rings. The van der Waals surface area contributed by atoms with Crippen LogP contribution in [0.3, 0.4) is 0 Å². The fourth-order valence-corrected chi connectivity index (χ4v) is 2.52. The lowest BCUT2D eigenvalue weighted by Gasteiger charge is -2.04. The summed E-state index contributed by atoms with van der Waals surface area (Å²) >= 11 is 12.0.